The summed E-state index contributed by atoms with van der Waals surface area (Å²) in [4.78, 5) is 37.0. The normalized spacial score (nSPS) is 31.1. The van der Waals surface area contributed by atoms with Crippen molar-refractivity contribution in [1.82, 2.24) is 9.78 Å². The molecule has 4 aliphatic rings. The molecule has 1 aromatic heterocycles. The molecule has 4 saturated carbocycles. The van der Waals surface area contributed by atoms with E-state index in [9.17, 15) is 14.4 Å². The standard InChI is InChI=1S/C20H26N2O5/c1-26-5-4-22-18(24)3-2-16(21-22)19(25)27-12-17(23)20-9-13-6-14(10-20)8-15(7-13)11-20/h2-3,13-15H,4-12H2,1H3. The second kappa shape index (κ2) is 7.19. The van der Waals surface area contributed by atoms with Gasteiger partial charge in [-0.1, -0.05) is 0 Å². The molecule has 7 nitrogen and oxygen atoms in total. The van der Waals surface area contributed by atoms with Gasteiger partial charge in [-0.05, 0) is 62.3 Å². The van der Waals surface area contributed by atoms with Crippen LogP contribution in [0.4, 0.5) is 0 Å². The molecule has 146 valence electrons. The van der Waals surface area contributed by atoms with E-state index < -0.39 is 5.97 Å². The van der Waals surface area contributed by atoms with E-state index in [1.165, 1.54) is 43.2 Å². The molecule has 0 unspecified atom stereocenters. The van der Waals surface area contributed by atoms with E-state index in [1.54, 1.807) is 0 Å². The van der Waals surface area contributed by atoms with E-state index in [0.717, 1.165) is 19.3 Å². The summed E-state index contributed by atoms with van der Waals surface area (Å²) in [5.74, 6) is 1.40. The van der Waals surface area contributed by atoms with Crippen LogP contribution in [0.5, 0.6) is 0 Å². The van der Waals surface area contributed by atoms with Gasteiger partial charge in [0.15, 0.2) is 18.1 Å². The third-order valence-corrected chi connectivity index (χ3v) is 6.55. The number of ether oxygens (including phenoxy) is 2. The lowest BCUT2D eigenvalue weighted by Crippen LogP contribution is -2.51. The molecule has 1 heterocycles. The molecule has 5 rings (SSSR count). The zero-order chi connectivity index (χ0) is 19.0. The maximum absolute atomic E-state index is 12.9. The number of nitrogens with zero attached hydrogens (tertiary/aromatic N) is 2. The lowest BCUT2D eigenvalue weighted by molar-refractivity contribution is -0.147. The molecule has 0 N–H and O–H groups in total. The minimum Gasteiger partial charge on any atom is -0.453 e. The lowest BCUT2D eigenvalue weighted by atomic mass is 9.48. The van der Waals surface area contributed by atoms with E-state index >= 15 is 0 Å². The fourth-order valence-corrected chi connectivity index (χ4v) is 5.71. The van der Waals surface area contributed by atoms with Crippen molar-refractivity contribution in [3.63, 3.8) is 0 Å². The average Bonchev–Trinajstić information content (AvgIpc) is 2.64. The molecule has 4 bridgehead atoms. The lowest BCUT2D eigenvalue weighted by Gasteiger charge is -2.55. The molecule has 7 heteroatoms. The number of ketones is 1. The number of rotatable bonds is 7. The largest absolute Gasteiger partial charge is 0.453 e. The third kappa shape index (κ3) is 3.57. The number of methoxy groups -OCH3 is 1. The van der Waals surface area contributed by atoms with Gasteiger partial charge in [0.1, 0.15) is 0 Å². The second-order valence-corrected chi connectivity index (χ2v) is 8.47. The molecule has 1 aromatic rings. The third-order valence-electron chi connectivity index (χ3n) is 6.55. The highest BCUT2D eigenvalue weighted by molar-refractivity contribution is 5.92. The number of hydrogen-bond acceptors (Lipinski definition) is 6. The van der Waals surface area contributed by atoms with Gasteiger partial charge < -0.3 is 9.47 Å². The highest BCUT2D eigenvalue weighted by Crippen LogP contribution is 2.60. The van der Waals surface area contributed by atoms with Crippen LogP contribution in [0.1, 0.15) is 49.0 Å². The summed E-state index contributed by atoms with van der Waals surface area (Å²) < 4.78 is 11.4. The molecule has 0 atom stereocenters. The molecule has 0 saturated heterocycles. The van der Waals surface area contributed by atoms with Crippen LogP contribution >= 0.6 is 0 Å². The molecular weight excluding hydrogens is 348 g/mol. The van der Waals surface area contributed by atoms with E-state index in [0.29, 0.717) is 24.4 Å². The van der Waals surface area contributed by atoms with Crippen molar-refractivity contribution in [2.75, 3.05) is 20.3 Å². The molecule has 0 spiro atoms. The van der Waals surface area contributed by atoms with Gasteiger partial charge in [-0.15, -0.1) is 0 Å². The monoisotopic (exact) mass is 374 g/mol. The number of hydrogen-bond donors (Lipinski definition) is 0. The Hall–Kier alpha value is -2.02. The highest BCUT2D eigenvalue weighted by atomic mass is 16.5. The Kier molecular flexibility index (Phi) is 4.88. The van der Waals surface area contributed by atoms with Gasteiger partial charge in [-0.25, -0.2) is 9.48 Å². The zero-order valence-electron chi connectivity index (χ0n) is 15.7. The Labute approximate surface area is 158 Å². The number of aromatic nitrogens is 2. The first-order chi connectivity index (χ1) is 13.0. The Morgan fingerprint density at radius 1 is 1.15 bits per heavy atom. The summed E-state index contributed by atoms with van der Waals surface area (Å²) in [5.41, 5.74) is -0.558. The minimum atomic E-state index is -0.667. The first-order valence-electron chi connectivity index (χ1n) is 9.76. The quantitative estimate of drug-likeness (QED) is 0.677. The molecule has 0 radical (unpaired) electrons. The molecule has 0 amide bonds. The number of carbonyl (C=O) groups is 2. The summed E-state index contributed by atoms with van der Waals surface area (Å²) in [5, 5.41) is 4.02. The van der Waals surface area contributed by atoms with Gasteiger partial charge in [-0.3, -0.25) is 9.59 Å². The molecule has 4 fully saturated rings. The van der Waals surface area contributed by atoms with Gasteiger partial charge in [0.05, 0.1) is 13.2 Å². The first-order valence-corrected chi connectivity index (χ1v) is 9.76. The van der Waals surface area contributed by atoms with Crippen molar-refractivity contribution in [2.24, 2.45) is 23.2 Å². The Morgan fingerprint density at radius 2 is 1.78 bits per heavy atom. The fourth-order valence-electron chi connectivity index (χ4n) is 5.71. The SMILES string of the molecule is COCCn1nc(C(=O)OCC(=O)C23CC4CC(CC(C4)C2)C3)ccc1=O. The van der Waals surface area contributed by atoms with E-state index in [4.69, 9.17) is 9.47 Å². The summed E-state index contributed by atoms with van der Waals surface area (Å²) >= 11 is 0. The maximum Gasteiger partial charge on any atom is 0.359 e. The molecule has 0 aliphatic heterocycles. The predicted molar refractivity (Wildman–Crippen MR) is 96.3 cm³/mol. The molecule has 4 aliphatic carbocycles. The van der Waals surface area contributed by atoms with Gasteiger partial charge in [0, 0.05) is 18.6 Å². The Morgan fingerprint density at radius 3 is 2.37 bits per heavy atom. The molecular formula is C20H26N2O5. The van der Waals surface area contributed by atoms with Crippen LogP contribution < -0.4 is 5.56 Å². The predicted octanol–water partition coefficient (Wildman–Crippen LogP) is 1.83. The van der Waals surface area contributed by atoms with Crippen LogP contribution in [0.3, 0.4) is 0 Å². The fraction of sp³-hybridized carbons (Fsp3) is 0.700. The smallest absolute Gasteiger partial charge is 0.359 e. The van der Waals surface area contributed by atoms with Gasteiger partial charge in [0.25, 0.3) is 5.56 Å². The number of Topliss-reactive ketones (excluding diaryl/α,β-unsaturated/α-hetero) is 1. The van der Waals surface area contributed by atoms with Crippen LogP contribution in [-0.2, 0) is 20.8 Å². The summed E-state index contributed by atoms with van der Waals surface area (Å²) in [6, 6.07) is 2.61. The highest BCUT2D eigenvalue weighted by Gasteiger charge is 2.54. The zero-order valence-corrected chi connectivity index (χ0v) is 15.7. The van der Waals surface area contributed by atoms with E-state index in [2.05, 4.69) is 5.10 Å². The van der Waals surface area contributed by atoms with Crippen molar-refractivity contribution in [3.8, 4) is 0 Å². The maximum atomic E-state index is 12.9. The van der Waals surface area contributed by atoms with Crippen LogP contribution in [0.25, 0.3) is 0 Å². The van der Waals surface area contributed by atoms with E-state index in [1.807, 2.05) is 0 Å². The number of esters is 1. The van der Waals surface area contributed by atoms with E-state index in [-0.39, 0.29) is 35.6 Å². The second-order valence-electron chi connectivity index (χ2n) is 8.47. The summed E-state index contributed by atoms with van der Waals surface area (Å²) in [6.07, 6.45) is 6.65. The van der Waals surface area contributed by atoms with Crippen molar-refractivity contribution in [1.29, 1.82) is 0 Å². The van der Waals surface area contributed by atoms with Crippen LogP contribution in [0.15, 0.2) is 16.9 Å². The summed E-state index contributed by atoms with van der Waals surface area (Å²) in [6.45, 7) is 0.364. The van der Waals surface area contributed by atoms with Gasteiger partial charge >= 0.3 is 5.97 Å². The molecule has 0 aromatic carbocycles. The van der Waals surface area contributed by atoms with Crippen LogP contribution in [-0.4, -0.2) is 41.9 Å². The van der Waals surface area contributed by atoms with Gasteiger partial charge in [0.2, 0.25) is 0 Å². The Bertz CT molecular complexity index is 765. The van der Waals surface area contributed by atoms with Crippen molar-refractivity contribution in [3.05, 3.63) is 28.2 Å². The minimum absolute atomic E-state index is 0.0315. The van der Waals surface area contributed by atoms with Crippen LogP contribution in [0, 0.1) is 23.2 Å². The van der Waals surface area contributed by atoms with Crippen molar-refractivity contribution in [2.45, 2.75) is 45.1 Å². The average molecular weight is 374 g/mol. The Balaban J connectivity index is 1.39. The van der Waals surface area contributed by atoms with Crippen molar-refractivity contribution >= 4 is 11.8 Å². The number of carbonyl (C=O) groups excluding carboxylic acids is 2. The summed E-state index contributed by atoms with van der Waals surface area (Å²) in [7, 11) is 1.53. The van der Waals surface area contributed by atoms with Crippen LogP contribution in [0.2, 0.25) is 0 Å². The first kappa shape index (κ1) is 18.3. The van der Waals surface area contributed by atoms with Crippen molar-refractivity contribution < 1.29 is 19.1 Å². The topological polar surface area (TPSA) is 87.5 Å². The van der Waals surface area contributed by atoms with Gasteiger partial charge in [-0.2, -0.15) is 5.10 Å². The molecule has 27 heavy (non-hydrogen) atoms.